The molecule has 6 heteroatoms. The number of carbonyl (C=O) groups excluding carboxylic acids is 1. The summed E-state index contributed by atoms with van der Waals surface area (Å²) in [5.41, 5.74) is 0.363. The second-order valence-electron chi connectivity index (χ2n) is 4.39. The van der Waals surface area contributed by atoms with E-state index in [1.807, 2.05) is 0 Å². The number of hydrogen-bond donors (Lipinski definition) is 2. The molecular formula is C13H15NO5. The number of ether oxygens (including phenoxy) is 1. The van der Waals surface area contributed by atoms with E-state index in [0.29, 0.717) is 17.9 Å². The molecule has 1 aromatic carbocycles. The fourth-order valence-electron chi connectivity index (χ4n) is 2.04. The van der Waals surface area contributed by atoms with Gasteiger partial charge in [-0.25, -0.2) is 4.79 Å². The Morgan fingerprint density at radius 3 is 2.79 bits per heavy atom. The first kappa shape index (κ1) is 13.2. The summed E-state index contributed by atoms with van der Waals surface area (Å²) in [5.74, 6) is -1.15. The molecule has 102 valence electrons. The van der Waals surface area contributed by atoms with Crippen molar-refractivity contribution in [2.45, 2.75) is 32.4 Å². The van der Waals surface area contributed by atoms with E-state index < -0.39 is 18.1 Å². The van der Waals surface area contributed by atoms with Gasteiger partial charge in [0, 0.05) is 6.07 Å². The minimum atomic E-state index is -1.09. The quantitative estimate of drug-likeness (QED) is 0.861. The van der Waals surface area contributed by atoms with E-state index in [2.05, 4.69) is 0 Å². The van der Waals surface area contributed by atoms with Gasteiger partial charge in [0.15, 0.2) is 6.10 Å². The summed E-state index contributed by atoms with van der Waals surface area (Å²) in [6.07, 6.45) is -0.298. The van der Waals surface area contributed by atoms with Gasteiger partial charge in [-0.2, -0.15) is 0 Å². The molecule has 0 aromatic heterocycles. The van der Waals surface area contributed by atoms with E-state index in [0.717, 1.165) is 0 Å². The van der Waals surface area contributed by atoms with Crippen molar-refractivity contribution in [2.75, 3.05) is 4.90 Å². The number of nitrogens with zero attached hydrogens (tertiary/aromatic N) is 1. The van der Waals surface area contributed by atoms with Crippen LogP contribution in [0.3, 0.4) is 0 Å². The van der Waals surface area contributed by atoms with Gasteiger partial charge >= 0.3 is 5.97 Å². The Bertz CT molecular complexity index is 528. The standard InChI is InChI=1S/C13H15NO5/c1-3-10-12(16)14(7(2)13(17)18)9-5-4-8(15)6-11(9)19-10/h4-7,10,15H,3H2,1-2H3,(H,17,18). The smallest absolute Gasteiger partial charge is 0.326 e. The lowest BCUT2D eigenvalue weighted by Gasteiger charge is -2.36. The minimum absolute atomic E-state index is 0.00544. The topological polar surface area (TPSA) is 87.1 Å². The molecule has 0 fully saturated rings. The Labute approximate surface area is 110 Å². The van der Waals surface area contributed by atoms with Gasteiger partial charge in [-0.3, -0.25) is 9.69 Å². The highest BCUT2D eigenvalue weighted by Gasteiger charge is 2.38. The van der Waals surface area contributed by atoms with Crippen LogP contribution >= 0.6 is 0 Å². The number of carbonyl (C=O) groups is 2. The number of hydrogen-bond acceptors (Lipinski definition) is 4. The largest absolute Gasteiger partial charge is 0.508 e. The SMILES string of the molecule is CCC1Oc2cc(O)ccc2N(C(C)C(=O)O)C1=O. The zero-order chi connectivity index (χ0) is 14.2. The zero-order valence-corrected chi connectivity index (χ0v) is 10.7. The lowest BCUT2D eigenvalue weighted by Crippen LogP contribution is -2.52. The Morgan fingerprint density at radius 1 is 1.53 bits per heavy atom. The summed E-state index contributed by atoms with van der Waals surface area (Å²) in [6, 6.07) is 3.26. The van der Waals surface area contributed by atoms with E-state index >= 15 is 0 Å². The third-order valence-corrected chi connectivity index (χ3v) is 3.10. The first-order chi connectivity index (χ1) is 8.95. The van der Waals surface area contributed by atoms with Crippen LogP contribution in [0.5, 0.6) is 11.5 Å². The van der Waals surface area contributed by atoms with E-state index in [-0.39, 0.29) is 11.7 Å². The average Bonchev–Trinajstić information content (AvgIpc) is 2.37. The summed E-state index contributed by atoms with van der Waals surface area (Å²) in [5, 5.41) is 18.6. The van der Waals surface area contributed by atoms with Crippen LogP contribution in [0.4, 0.5) is 5.69 Å². The fraction of sp³-hybridized carbons (Fsp3) is 0.385. The predicted molar refractivity (Wildman–Crippen MR) is 67.4 cm³/mol. The maximum atomic E-state index is 12.2. The third-order valence-electron chi connectivity index (χ3n) is 3.10. The van der Waals surface area contributed by atoms with Crippen molar-refractivity contribution in [3.8, 4) is 11.5 Å². The predicted octanol–water partition coefficient (Wildman–Crippen LogP) is 1.37. The van der Waals surface area contributed by atoms with Crippen LogP contribution in [0.1, 0.15) is 20.3 Å². The number of aliphatic carboxylic acids is 1. The van der Waals surface area contributed by atoms with E-state index in [9.17, 15) is 14.7 Å². The molecule has 1 aromatic rings. The summed E-state index contributed by atoms with van der Waals surface area (Å²) in [7, 11) is 0. The number of anilines is 1. The summed E-state index contributed by atoms with van der Waals surface area (Å²) >= 11 is 0. The first-order valence-corrected chi connectivity index (χ1v) is 6.01. The monoisotopic (exact) mass is 265 g/mol. The molecule has 0 saturated heterocycles. The van der Waals surface area contributed by atoms with Gasteiger partial charge in [-0.15, -0.1) is 0 Å². The highest BCUT2D eigenvalue weighted by molar-refractivity contribution is 6.04. The van der Waals surface area contributed by atoms with Crippen molar-refractivity contribution in [3.63, 3.8) is 0 Å². The molecule has 0 bridgehead atoms. The van der Waals surface area contributed by atoms with Crippen LogP contribution in [0, 0.1) is 0 Å². The van der Waals surface area contributed by atoms with Gasteiger partial charge < -0.3 is 14.9 Å². The van der Waals surface area contributed by atoms with E-state index in [1.165, 1.54) is 30.0 Å². The van der Waals surface area contributed by atoms with Crippen LogP contribution in [-0.4, -0.2) is 34.2 Å². The molecule has 1 amide bonds. The molecule has 6 nitrogen and oxygen atoms in total. The molecule has 1 aliphatic rings. The maximum absolute atomic E-state index is 12.2. The number of carboxylic acids is 1. The molecule has 1 heterocycles. The van der Waals surface area contributed by atoms with Crippen molar-refractivity contribution < 1.29 is 24.5 Å². The van der Waals surface area contributed by atoms with Gasteiger partial charge in [0.25, 0.3) is 5.91 Å². The molecular weight excluding hydrogens is 250 g/mol. The van der Waals surface area contributed by atoms with Crippen LogP contribution in [0.15, 0.2) is 18.2 Å². The Hall–Kier alpha value is -2.24. The number of aromatic hydroxyl groups is 1. The van der Waals surface area contributed by atoms with Crippen molar-refractivity contribution in [3.05, 3.63) is 18.2 Å². The third kappa shape index (κ3) is 2.21. The average molecular weight is 265 g/mol. The van der Waals surface area contributed by atoms with E-state index in [4.69, 9.17) is 9.84 Å². The molecule has 0 radical (unpaired) electrons. The molecule has 19 heavy (non-hydrogen) atoms. The van der Waals surface area contributed by atoms with Gasteiger partial charge in [0.1, 0.15) is 17.5 Å². The molecule has 2 unspecified atom stereocenters. The maximum Gasteiger partial charge on any atom is 0.326 e. The molecule has 0 saturated carbocycles. The van der Waals surface area contributed by atoms with Crippen LogP contribution < -0.4 is 9.64 Å². The number of fused-ring (bicyclic) bond motifs is 1. The minimum Gasteiger partial charge on any atom is -0.508 e. The van der Waals surface area contributed by atoms with Crippen molar-refractivity contribution in [1.29, 1.82) is 0 Å². The molecule has 0 spiro atoms. The van der Waals surface area contributed by atoms with Crippen molar-refractivity contribution in [1.82, 2.24) is 0 Å². The highest BCUT2D eigenvalue weighted by Crippen LogP contribution is 2.38. The summed E-state index contributed by atoms with van der Waals surface area (Å²) in [6.45, 7) is 3.22. The second kappa shape index (κ2) is 4.79. The van der Waals surface area contributed by atoms with Crippen LogP contribution in [0.25, 0.3) is 0 Å². The highest BCUT2D eigenvalue weighted by atomic mass is 16.5. The van der Waals surface area contributed by atoms with Gasteiger partial charge in [-0.05, 0) is 25.5 Å². The number of benzene rings is 1. The van der Waals surface area contributed by atoms with Crippen LogP contribution in [0.2, 0.25) is 0 Å². The fourth-order valence-corrected chi connectivity index (χ4v) is 2.04. The number of amides is 1. The summed E-state index contributed by atoms with van der Waals surface area (Å²) < 4.78 is 5.49. The first-order valence-electron chi connectivity index (χ1n) is 6.01. The normalized spacial score (nSPS) is 19.6. The summed E-state index contributed by atoms with van der Waals surface area (Å²) in [4.78, 5) is 24.6. The van der Waals surface area contributed by atoms with Crippen molar-refractivity contribution in [2.24, 2.45) is 0 Å². The zero-order valence-electron chi connectivity index (χ0n) is 10.7. The van der Waals surface area contributed by atoms with Gasteiger partial charge in [0.05, 0.1) is 5.69 Å². The van der Waals surface area contributed by atoms with Gasteiger partial charge in [0.2, 0.25) is 0 Å². The molecule has 0 aliphatic carbocycles. The lowest BCUT2D eigenvalue weighted by molar-refractivity contribution is -0.140. The lowest BCUT2D eigenvalue weighted by atomic mass is 10.1. The Morgan fingerprint density at radius 2 is 2.21 bits per heavy atom. The number of phenolic OH excluding ortho intramolecular Hbond substituents is 1. The second-order valence-corrected chi connectivity index (χ2v) is 4.39. The number of rotatable bonds is 3. The van der Waals surface area contributed by atoms with Crippen LogP contribution in [-0.2, 0) is 9.59 Å². The van der Waals surface area contributed by atoms with Gasteiger partial charge in [-0.1, -0.05) is 6.92 Å². The molecule has 2 N–H and O–H groups in total. The number of phenols is 1. The Kier molecular flexibility index (Phi) is 3.33. The van der Waals surface area contributed by atoms with E-state index in [1.54, 1.807) is 6.92 Å². The van der Waals surface area contributed by atoms with Crippen molar-refractivity contribution >= 4 is 17.6 Å². The molecule has 2 atom stereocenters. The molecule has 2 rings (SSSR count). The molecule has 1 aliphatic heterocycles. The number of carboxylic acid groups (broad SMARTS) is 1. The Balaban J connectivity index is 2.51.